The third-order valence-corrected chi connectivity index (χ3v) is 3.02. The standard InChI is InChI=1S/C13H18N4O2/c1-8(18)5-6-17(2)13(19)12-10-7-9(14)3-4-11(10)15-16-12/h3-4,7-8,18H,5-6,14H2,1-2H3,(H,15,16). The number of aliphatic hydroxyl groups is 1. The molecule has 0 saturated carbocycles. The Morgan fingerprint density at radius 3 is 3.00 bits per heavy atom. The molecule has 0 aliphatic carbocycles. The number of aromatic nitrogens is 2. The molecule has 1 aromatic carbocycles. The normalized spacial score (nSPS) is 12.6. The number of carbonyl (C=O) groups is 1. The molecule has 6 nitrogen and oxygen atoms in total. The first-order chi connectivity index (χ1) is 8.99. The van der Waals surface area contributed by atoms with Gasteiger partial charge >= 0.3 is 0 Å². The van der Waals surface area contributed by atoms with E-state index in [1.165, 1.54) is 0 Å². The average Bonchev–Trinajstić information content (AvgIpc) is 2.77. The topological polar surface area (TPSA) is 95.2 Å². The number of nitrogens with one attached hydrogen (secondary N) is 1. The highest BCUT2D eigenvalue weighted by atomic mass is 16.3. The number of aliphatic hydroxyl groups excluding tert-OH is 1. The summed E-state index contributed by atoms with van der Waals surface area (Å²) in [6, 6.07) is 5.28. The molecule has 1 atom stereocenters. The van der Waals surface area contributed by atoms with Crippen molar-refractivity contribution in [3.63, 3.8) is 0 Å². The van der Waals surface area contributed by atoms with Crippen LogP contribution in [0.1, 0.15) is 23.8 Å². The van der Waals surface area contributed by atoms with Crippen LogP contribution >= 0.6 is 0 Å². The number of rotatable bonds is 4. The minimum Gasteiger partial charge on any atom is -0.399 e. The van der Waals surface area contributed by atoms with E-state index >= 15 is 0 Å². The molecular formula is C13H18N4O2. The molecule has 1 amide bonds. The number of nitrogens with zero attached hydrogens (tertiary/aromatic N) is 2. The van der Waals surface area contributed by atoms with Gasteiger partial charge in [0.1, 0.15) is 0 Å². The molecule has 102 valence electrons. The van der Waals surface area contributed by atoms with Crippen LogP contribution in [0.2, 0.25) is 0 Å². The third-order valence-electron chi connectivity index (χ3n) is 3.02. The highest BCUT2D eigenvalue weighted by Crippen LogP contribution is 2.20. The van der Waals surface area contributed by atoms with Gasteiger partial charge in [-0.1, -0.05) is 0 Å². The summed E-state index contributed by atoms with van der Waals surface area (Å²) in [5.41, 5.74) is 7.46. The van der Waals surface area contributed by atoms with Crippen molar-refractivity contribution in [1.82, 2.24) is 15.1 Å². The van der Waals surface area contributed by atoms with Crippen molar-refractivity contribution in [1.29, 1.82) is 0 Å². The van der Waals surface area contributed by atoms with Gasteiger partial charge in [0, 0.05) is 24.7 Å². The minimum atomic E-state index is -0.429. The van der Waals surface area contributed by atoms with Crippen LogP contribution in [0, 0.1) is 0 Å². The summed E-state index contributed by atoms with van der Waals surface area (Å²) in [6.07, 6.45) is 0.106. The van der Waals surface area contributed by atoms with Crippen molar-refractivity contribution in [3.8, 4) is 0 Å². The second-order valence-corrected chi connectivity index (χ2v) is 4.74. The van der Waals surface area contributed by atoms with Gasteiger partial charge in [-0.05, 0) is 31.5 Å². The van der Waals surface area contributed by atoms with Crippen molar-refractivity contribution in [2.75, 3.05) is 19.3 Å². The van der Waals surface area contributed by atoms with Gasteiger partial charge in [0.2, 0.25) is 0 Å². The lowest BCUT2D eigenvalue weighted by atomic mass is 10.1. The number of benzene rings is 1. The van der Waals surface area contributed by atoms with E-state index in [4.69, 9.17) is 5.73 Å². The molecule has 0 bridgehead atoms. The number of anilines is 1. The van der Waals surface area contributed by atoms with Gasteiger partial charge in [-0.3, -0.25) is 9.89 Å². The number of amides is 1. The Hall–Kier alpha value is -2.08. The molecule has 0 fully saturated rings. The van der Waals surface area contributed by atoms with Gasteiger partial charge in [0.25, 0.3) is 5.91 Å². The summed E-state index contributed by atoms with van der Waals surface area (Å²) in [4.78, 5) is 13.8. The van der Waals surface area contributed by atoms with E-state index in [2.05, 4.69) is 10.2 Å². The number of H-pyrrole nitrogens is 1. The predicted molar refractivity (Wildman–Crippen MR) is 73.8 cm³/mol. The van der Waals surface area contributed by atoms with Crippen LogP contribution in [-0.2, 0) is 0 Å². The quantitative estimate of drug-likeness (QED) is 0.716. The molecule has 19 heavy (non-hydrogen) atoms. The SMILES string of the molecule is CC(O)CCN(C)C(=O)c1n[nH]c2ccc(N)cc12. The van der Waals surface area contributed by atoms with E-state index in [0.29, 0.717) is 29.7 Å². The molecule has 1 unspecified atom stereocenters. The van der Waals surface area contributed by atoms with Crippen molar-refractivity contribution < 1.29 is 9.90 Å². The Morgan fingerprint density at radius 2 is 2.32 bits per heavy atom. The zero-order valence-corrected chi connectivity index (χ0v) is 11.1. The van der Waals surface area contributed by atoms with Gasteiger partial charge in [-0.25, -0.2) is 0 Å². The van der Waals surface area contributed by atoms with Crippen LogP contribution in [0.4, 0.5) is 5.69 Å². The molecular weight excluding hydrogens is 244 g/mol. The Balaban J connectivity index is 2.23. The number of nitrogen functional groups attached to an aromatic ring is 1. The van der Waals surface area contributed by atoms with E-state index in [0.717, 1.165) is 5.52 Å². The fraction of sp³-hybridized carbons (Fsp3) is 0.385. The highest BCUT2D eigenvalue weighted by Gasteiger charge is 2.18. The van der Waals surface area contributed by atoms with E-state index < -0.39 is 6.10 Å². The van der Waals surface area contributed by atoms with Crippen molar-refractivity contribution >= 4 is 22.5 Å². The maximum atomic E-state index is 12.3. The zero-order valence-electron chi connectivity index (χ0n) is 11.1. The summed E-state index contributed by atoms with van der Waals surface area (Å²) in [5, 5.41) is 16.8. The van der Waals surface area contributed by atoms with Crippen molar-refractivity contribution in [2.45, 2.75) is 19.4 Å². The lowest BCUT2D eigenvalue weighted by Gasteiger charge is -2.16. The molecule has 2 rings (SSSR count). The molecule has 0 saturated heterocycles. The fourth-order valence-corrected chi connectivity index (χ4v) is 1.86. The third kappa shape index (κ3) is 2.85. The first-order valence-corrected chi connectivity index (χ1v) is 6.16. The van der Waals surface area contributed by atoms with Gasteiger partial charge in [0.15, 0.2) is 5.69 Å². The number of hydrogen-bond donors (Lipinski definition) is 3. The van der Waals surface area contributed by atoms with Gasteiger partial charge in [-0.15, -0.1) is 0 Å². The number of hydrogen-bond acceptors (Lipinski definition) is 4. The summed E-state index contributed by atoms with van der Waals surface area (Å²) in [5.74, 6) is -0.183. The molecule has 1 heterocycles. The van der Waals surface area contributed by atoms with Crippen molar-refractivity contribution in [2.24, 2.45) is 0 Å². The number of carbonyl (C=O) groups excluding carboxylic acids is 1. The van der Waals surface area contributed by atoms with E-state index in [9.17, 15) is 9.90 Å². The van der Waals surface area contributed by atoms with Crippen LogP contribution in [0.25, 0.3) is 10.9 Å². The molecule has 1 aromatic heterocycles. The Bertz CT molecular complexity index is 591. The largest absolute Gasteiger partial charge is 0.399 e. The minimum absolute atomic E-state index is 0.183. The van der Waals surface area contributed by atoms with E-state index in [1.54, 1.807) is 37.1 Å². The number of aromatic amines is 1. The van der Waals surface area contributed by atoms with Crippen LogP contribution in [-0.4, -0.2) is 45.8 Å². The van der Waals surface area contributed by atoms with Crippen LogP contribution in [0.15, 0.2) is 18.2 Å². The maximum Gasteiger partial charge on any atom is 0.274 e. The molecule has 0 aliphatic rings. The number of nitrogens with two attached hydrogens (primary N) is 1. The number of fused-ring (bicyclic) bond motifs is 1. The van der Waals surface area contributed by atoms with Gasteiger partial charge < -0.3 is 15.7 Å². The summed E-state index contributed by atoms with van der Waals surface area (Å²) in [6.45, 7) is 2.18. The zero-order chi connectivity index (χ0) is 14.0. The van der Waals surface area contributed by atoms with Gasteiger partial charge in [-0.2, -0.15) is 5.10 Å². The second kappa shape index (κ2) is 5.27. The average molecular weight is 262 g/mol. The molecule has 4 N–H and O–H groups in total. The van der Waals surface area contributed by atoms with E-state index in [-0.39, 0.29) is 5.91 Å². The van der Waals surface area contributed by atoms with E-state index in [1.807, 2.05) is 0 Å². The monoisotopic (exact) mass is 262 g/mol. The first kappa shape index (κ1) is 13.4. The lowest BCUT2D eigenvalue weighted by molar-refractivity contribution is 0.0765. The van der Waals surface area contributed by atoms with Crippen LogP contribution < -0.4 is 5.73 Å². The predicted octanol–water partition coefficient (Wildman–Crippen LogP) is 0.988. The lowest BCUT2D eigenvalue weighted by Crippen LogP contribution is -2.29. The highest BCUT2D eigenvalue weighted by molar-refractivity contribution is 6.05. The Kier molecular flexibility index (Phi) is 3.71. The molecule has 0 spiro atoms. The maximum absolute atomic E-state index is 12.3. The Labute approximate surface area is 111 Å². The van der Waals surface area contributed by atoms with Crippen LogP contribution in [0.5, 0.6) is 0 Å². The van der Waals surface area contributed by atoms with Crippen molar-refractivity contribution in [3.05, 3.63) is 23.9 Å². The van der Waals surface area contributed by atoms with Gasteiger partial charge in [0.05, 0.1) is 11.6 Å². The molecule has 6 heteroatoms. The fourth-order valence-electron chi connectivity index (χ4n) is 1.86. The second-order valence-electron chi connectivity index (χ2n) is 4.74. The summed E-state index contributed by atoms with van der Waals surface area (Å²) < 4.78 is 0. The molecule has 0 radical (unpaired) electrons. The first-order valence-electron chi connectivity index (χ1n) is 6.16. The Morgan fingerprint density at radius 1 is 1.58 bits per heavy atom. The molecule has 0 aliphatic heterocycles. The smallest absolute Gasteiger partial charge is 0.274 e. The summed E-state index contributed by atoms with van der Waals surface area (Å²) >= 11 is 0. The molecule has 2 aromatic rings. The summed E-state index contributed by atoms with van der Waals surface area (Å²) in [7, 11) is 1.69. The van der Waals surface area contributed by atoms with Crippen LogP contribution in [0.3, 0.4) is 0 Å².